The van der Waals surface area contributed by atoms with E-state index in [1.54, 1.807) is 6.08 Å². The summed E-state index contributed by atoms with van der Waals surface area (Å²) in [5.74, 6) is -0.305. The summed E-state index contributed by atoms with van der Waals surface area (Å²) in [7, 11) is 0. The number of hydrogen-bond donors (Lipinski definition) is 1. The second-order valence-corrected chi connectivity index (χ2v) is 5.67. The van der Waals surface area contributed by atoms with Gasteiger partial charge in [0.05, 0.1) is 6.54 Å². The van der Waals surface area contributed by atoms with E-state index >= 15 is 0 Å². The number of carbonyl (C=O) groups is 2. The summed E-state index contributed by atoms with van der Waals surface area (Å²) in [4.78, 5) is 27.0. The first-order valence-electron chi connectivity index (χ1n) is 7.59. The molecule has 0 aliphatic carbocycles. The Hall–Kier alpha value is -2.14. The number of primary amides is 1. The van der Waals surface area contributed by atoms with Gasteiger partial charge in [0.25, 0.3) is 0 Å². The van der Waals surface area contributed by atoms with Gasteiger partial charge in [-0.2, -0.15) is 0 Å². The third-order valence-corrected chi connectivity index (χ3v) is 3.78. The standard InChI is InChI=1S/C17H23N3O2/c1-14-3-5-15(6-4-14)7-8-17(22)20-10-2-9-19(11-12-20)13-16(18)21/h3-8H,2,9-13H2,1H3,(H2,18,21)/b8-7-. The second-order valence-electron chi connectivity index (χ2n) is 5.67. The lowest BCUT2D eigenvalue weighted by molar-refractivity contribution is -0.125. The van der Waals surface area contributed by atoms with E-state index in [1.165, 1.54) is 5.56 Å². The molecule has 0 unspecified atom stereocenters. The van der Waals surface area contributed by atoms with E-state index in [0.29, 0.717) is 19.6 Å². The van der Waals surface area contributed by atoms with E-state index in [-0.39, 0.29) is 18.4 Å². The van der Waals surface area contributed by atoms with E-state index in [0.717, 1.165) is 18.5 Å². The second kappa shape index (κ2) is 7.75. The van der Waals surface area contributed by atoms with Crippen molar-refractivity contribution in [1.82, 2.24) is 9.80 Å². The van der Waals surface area contributed by atoms with Gasteiger partial charge in [-0.25, -0.2) is 0 Å². The number of nitrogens with zero attached hydrogens (tertiary/aromatic N) is 2. The van der Waals surface area contributed by atoms with Crippen molar-refractivity contribution in [3.63, 3.8) is 0 Å². The van der Waals surface area contributed by atoms with Gasteiger partial charge in [0.2, 0.25) is 11.8 Å². The molecule has 5 heteroatoms. The summed E-state index contributed by atoms with van der Waals surface area (Å²) in [6, 6.07) is 8.04. The quantitative estimate of drug-likeness (QED) is 0.845. The fourth-order valence-electron chi connectivity index (χ4n) is 2.52. The maximum Gasteiger partial charge on any atom is 0.246 e. The summed E-state index contributed by atoms with van der Waals surface area (Å²) >= 11 is 0. The third kappa shape index (κ3) is 5.00. The Morgan fingerprint density at radius 2 is 1.86 bits per heavy atom. The van der Waals surface area contributed by atoms with Crippen molar-refractivity contribution in [2.45, 2.75) is 13.3 Å². The van der Waals surface area contributed by atoms with Crippen LogP contribution in [0, 0.1) is 6.92 Å². The molecule has 1 aromatic carbocycles. The van der Waals surface area contributed by atoms with Crippen LogP contribution in [0.2, 0.25) is 0 Å². The first-order valence-corrected chi connectivity index (χ1v) is 7.59. The summed E-state index contributed by atoms with van der Waals surface area (Å²) < 4.78 is 0. The molecule has 0 saturated carbocycles. The smallest absolute Gasteiger partial charge is 0.246 e. The zero-order valence-electron chi connectivity index (χ0n) is 13.0. The van der Waals surface area contributed by atoms with Gasteiger partial charge in [-0.1, -0.05) is 29.8 Å². The molecule has 1 heterocycles. The van der Waals surface area contributed by atoms with E-state index < -0.39 is 0 Å². The molecule has 0 aromatic heterocycles. The topological polar surface area (TPSA) is 66.6 Å². The van der Waals surface area contributed by atoms with Crippen LogP contribution in [0.25, 0.3) is 6.08 Å². The maximum atomic E-state index is 12.2. The number of rotatable bonds is 4. The minimum atomic E-state index is -0.320. The normalized spacial score (nSPS) is 16.7. The maximum absolute atomic E-state index is 12.2. The number of benzene rings is 1. The van der Waals surface area contributed by atoms with Crippen LogP contribution < -0.4 is 5.73 Å². The monoisotopic (exact) mass is 301 g/mol. The Balaban J connectivity index is 1.89. The molecule has 0 bridgehead atoms. The van der Waals surface area contributed by atoms with Crippen LogP contribution in [-0.4, -0.2) is 54.3 Å². The lowest BCUT2D eigenvalue weighted by Crippen LogP contribution is -2.37. The van der Waals surface area contributed by atoms with Crippen LogP contribution in [0.5, 0.6) is 0 Å². The Bertz CT molecular complexity index is 552. The van der Waals surface area contributed by atoms with Crippen molar-refractivity contribution >= 4 is 17.9 Å². The molecular formula is C17H23N3O2. The first-order chi connectivity index (χ1) is 10.5. The molecule has 0 radical (unpaired) electrons. The average Bonchev–Trinajstić information content (AvgIpc) is 2.71. The highest BCUT2D eigenvalue weighted by Crippen LogP contribution is 2.07. The first kappa shape index (κ1) is 16.2. The van der Waals surface area contributed by atoms with Crippen molar-refractivity contribution < 1.29 is 9.59 Å². The van der Waals surface area contributed by atoms with Crippen LogP contribution in [0.1, 0.15) is 17.5 Å². The van der Waals surface area contributed by atoms with Crippen LogP contribution >= 0.6 is 0 Å². The molecule has 5 nitrogen and oxygen atoms in total. The van der Waals surface area contributed by atoms with Crippen LogP contribution in [0.3, 0.4) is 0 Å². The SMILES string of the molecule is Cc1ccc(/C=C\C(=O)N2CCCN(CC(N)=O)CC2)cc1. The van der Waals surface area contributed by atoms with Crippen molar-refractivity contribution in [2.24, 2.45) is 5.73 Å². The molecule has 118 valence electrons. The number of hydrogen-bond acceptors (Lipinski definition) is 3. The van der Waals surface area contributed by atoms with Gasteiger partial charge in [0, 0.05) is 32.3 Å². The average molecular weight is 301 g/mol. The molecule has 0 spiro atoms. The summed E-state index contributed by atoms with van der Waals surface area (Å²) in [5, 5.41) is 0. The van der Waals surface area contributed by atoms with Crippen LogP contribution in [-0.2, 0) is 9.59 Å². The van der Waals surface area contributed by atoms with E-state index in [2.05, 4.69) is 0 Å². The molecule has 1 saturated heterocycles. The predicted molar refractivity (Wildman–Crippen MR) is 87.0 cm³/mol. The molecule has 2 amide bonds. The fourth-order valence-corrected chi connectivity index (χ4v) is 2.52. The van der Waals surface area contributed by atoms with Gasteiger partial charge in [0.15, 0.2) is 0 Å². The Labute approximate surface area is 131 Å². The highest BCUT2D eigenvalue weighted by Gasteiger charge is 2.18. The van der Waals surface area contributed by atoms with E-state index in [9.17, 15) is 9.59 Å². The molecule has 2 N–H and O–H groups in total. The highest BCUT2D eigenvalue weighted by atomic mass is 16.2. The zero-order valence-corrected chi connectivity index (χ0v) is 13.0. The van der Waals surface area contributed by atoms with Gasteiger partial charge < -0.3 is 10.6 Å². The number of aryl methyl sites for hydroxylation is 1. The molecule has 22 heavy (non-hydrogen) atoms. The van der Waals surface area contributed by atoms with Gasteiger partial charge in [-0.3, -0.25) is 14.5 Å². The molecule has 1 aromatic rings. The van der Waals surface area contributed by atoms with E-state index in [1.807, 2.05) is 47.1 Å². The minimum Gasteiger partial charge on any atom is -0.369 e. The van der Waals surface area contributed by atoms with Crippen molar-refractivity contribution in [3.8, 4) is 0 Å². The van der Waals surface area contributed by atoms with Crippen LogP contribution in [0.15, 0.2) is 30.3 Å². The lowest BCUT2D eigenvalue weighted by Gasteiger charge is -2.19. The third-order valence-electron chi connectivity index (χ3n) is 3.78. The zero-order chi connectivity index (χ0) is 15.9. The lowest BCUT2D eigenvalue weighted by atomic mass is 10.1. The molecule has 2 rings (SSSR count). The largest absolute Gasteiger partial charge is 0.369 e. The fraction of sp³-hybridized carbons (Fsp3) is 0.412. The Kier molecular flexibility index (Phi) is 5.72. The van der Waals surface area contributed by atoms with Gasteiger partial charge in [-0.15, -0.1) is 0 Å². The Morgan fingerprint density at radius 1 is 1.14 bits per heavy atom. The van der Waals surface area contributed by atoms with Crippen molar-refractivity contribution in [1.29, 1.82) is 0 Å². The number of nitrogens with two attached hydrogens (primary N) is 1. The Morgan fingerprint density at radius 3 is 2.55 bits per heavy atom. The predicted octanol–water partition coefficient (Wildman–Crippen LogP) is 1.03. The van der Waals surface area contributed by atoms with E-state index in [4.69, 9.17) is 5.73 Å². The summed E-state index contributed by atoms with van der Waals surface area (Å²) in [6.45, 7) is 5.13. The molecule has 1 fully saturated rings. The molecular weight excluding hydrogens is 278 g/mol. The molecule has 1 aliphatic rings. The number of carbonyl (C=O) groups excluding carboxylic acids is 2. The summed E-state index contributed by atoms with van der Waals surface area (Å²) in [6.07, 6.45) is 4.32. The van der Waals surface area contributed by atoms with Crippen LogP contribution in [0.4, 0.5) is 0 Å². The molecule has 1 aliphatic heterocycles. The summed E-state index contributed by atoms with van der Waals surface area (Å²) in [5.41, 5.74) is 7.44. The van der Waals surface area contributed by atoms with Crippen molar-refractivity contribution in [2.75, 3.05) is 32.7 Å². The molecule has 0 atom stereocenters. The van der Waals surface area contributed by atoms with Gasteiger partial charge in [0.1, 0.15) is 0 Å². The van der Waals surface area contributed by atoms with Gasteiger partial charge >= 0.3 is 0 Å². The minimum absolute atomic E-state index is 0.0153. The van der Waals surface area contributed by atoms with Gasteiger partial charge in [-0.05, 0) is 25.0 Å². The highest BCUT2D eigenvalue weighted by molar-refractivity contribution is 5.91. The number of amides is 2. The van der Waals surface area contributed by atoms with Crippen molar-refractivity contribution in [3.05, 3.63) is 41.5 Å².